The summed E-state index contributed by atoms with van der Waals surface area (Å²) in [7, 11) is 0. The fourth-order valence-electron chi connectivity index (χ4n) is 2.31. The lowest BCUT2D eigenvalue weighted by Crippen LogP contribution is -2.42. The normalized spacial score (nSPS) is 31.1. The van der Waals surface area contributed by atoms with Crippen molar-refractivity contribution >= 4 is 23.6 Å². The van der Waals surface area contributed by atoms with Gasteiger partial charge in [0.05, 0.1) is 6.10 Å². The molecule has 19 heavy (non-hydrogen) atoms. The second-order valence-corrected chi connectivity index (χ2v) is 6.05. The van der Waals surface area contributed by atoms with Crippen molar-refractivity contribution in [2.75, 3.05) is 24.6 Å². The number of carbonyl (C=O) groups excluding carboxylic acids is 1. The summed E-state index contributed by atoms with van der Waals surface area (Å²) in [5.74, 6) is 1.15. The number of hydrogen-bond donors (Lipinski definition) is 3. The van der Waals surface area contributed by atoms with Crippen molar-refractivity contribution in [3.05, 3.63) is 0 Å². The molecular formula is C12H20N2O4S. The molecule has 0 radical (unpaired) electrons. The molecule has 3 N–H and O–H groups in total. The molecule has 2 aliphatic rings. The number of ether oxygens (including phenoxy) is 1. The lowest BCUT2D eigenvalue weighted by molar-refractivity contribution is -0.149. The number of carboxylic acids is 1. The number of thioether (sulfide) groups is 1. The predicted molar refractivity (Wildman–Crippen MR) is 72.3 cm³/mol. The first-order valence-corrected chi connectivity index (χ1v) is 7.76. The van der Waals surface area contributed by atoms with Crippen LogP contribution >= 0.6 is 11.8 Å². The third-order valence-corrected chi connectivity index (χ3v) is 4.47. The summed E-state index contributed by atoms with van der Waals surface area (Å²) in [5, 5.41) is 14.9. The van der Waals surface area contributed by atoms with Crippen molar-refractivity contribution in [2.45, 2.75) is 37.5 Å². The zero-order chi connectivity index (χ0) is 13.7. The fourth-order valence-corrected chi connectivity index (χ4v) is 3.26. The molecule has 2 aliphatic heterocycles. The van der Waals surface area contributed by atoms with E-state index in [0.29, 0.717) is 25.8 Å². The van der Waals surface area contributed by atoms with Crippen molar-refractivity contribution in [1.29, 1.82) is 0 Å². The van der Waals surface area contributed by atoms with Crippen LogP contribution in [-0.2, 0) is 14.3 Å². The monoisotopic (exact) mass is 288 g/mol. The van der Waals surface area contributed by atoms with Gasteiger partial charge in [0.2, 0.25) is 5.91 Å². The zero-order valence-electron chi connectivity index (χ0n) is 10.8. The van der Waals surface area contributed by atoms with E-state index in [-0.39, 0.29) is 18.1 Å². The minimum atomic E-state index is -0.919. The Morgan fingerprint density at radius 2 is 2.26 bits per heavy atom. The fraction of sp³-hybridized carbons (Fsp3) is 0.833. The molecule has 6 nitrogen and oxygen atoms in total. The van der Waals surface area contributed by atoms with E-state index in [0.717, 1.165) is 18.1 Å². The second-order valence-electron chi connectivity index (χ2n) is 4.90. The van der Waals surface area contributed by atoms with Crippen LogP contribution in [0.4, 0.5) is 0 Å². The summed E-state index contributed by atoms with van der Waals surface area (Å²) in [6, 6.07) is 0.245. The summed E-state index contributed by atoms with van der Waals surface area (Å²) in [6.45, 7) is 1.36. The van der Waals surface area contributed by atoms with E-state index in [9.17, 15) is 9.59 Å². The van der Waals surface area contributed by atoms with Gasteiger partial charge < -0.3 is 20.5 Å². The maximum atomic E-state index is 11.8. The van der Waals surface area contributed by atoms with Gasteiger partial charge >= 0.3 is 5.97 Å². The SMILES string of the molecule is O=C(CC1CSCCN1)NCC1CCC(C(=O)O)O1. The van der Waals surface area contributed by atoms with Gasteiger partial charge in [-0.15, -0.1) is 0 Å². The smallest absolute Gasteiger partial charge is 0.332 e. The highest BCUT2D eigenvalue weighted by Crippen LogP contribution is 2.19. The minimum absolute atomic E-state index is 0.00220. The van der Waals surface area contributed by atoms with E-state index in [1.807, 2.05) is 11.8 Å². The number of rotatable bonds is 5. The third kappa shape index (κ3) is 4.67. The Bertz CT molecular complexity index is 334. The molecular weight excluding hydrogens is 268 g/mol. The number of carboxylic acid groups (broad SMARTS) is 1. The van der Waals surface area contributed by atoms with Gasteiger partial charge in [-0.05, 0) is 12.8 Å². The molecule has 2 rings (SSSR count). The van der Waals surface area contributed by atoms with Crippen LogP contribution in [-0.4, -0.2) is 59.8 Å². The Morgan fingerprint density at radius 1 is 1.42 bits per heavy atom. The maximum absolute atomic E-state index is 11.8. The first-order chi connectivity index (χ1) is 9.15. The molecule has 0 aromatic heterocycles. The van der Waals surface area contributed by atoms with Crippen molar-refractivity contribution in [1.82, 2.24) is 10.6 Å². The molecule has 0 spiro atoms. The van der Waals surface area contributed by atoms with Crippen LogP contribution in [0.1, 0.15) is 19.3 Å². The number of amides is 1. The van der Waals surface area contributed by atoms with Crippen LogP contribution in [0.25, 0.3) is 0 Å². The van der Waals surface area contributed by atoms with E-state index in [2.05, 4.69) is 10.6 Å². The Balaban J connectivity index is 1.62. The summed E-state index contributed by atoms with van der Waals surface area (Å²) in [5.41, 5.74) is 0. The number of carbonyl (C=O) groups is 2. The van der Waals surface area contributed by atoms with Crippen LogP contribution in [0.3, 0.4) is 0 Å². The second kappa shape index (κ2) is 7.12. The number of hydrogen-bond acceptors (Lipinski definition) is 5. The molecule has 108 valence electrons. The molecule has 0 bridgehead atoms. The Labute approximate surface area is 116 Å². The van der Waals surface area contributed by atoms with Gasteiger partial charge in [-0.1, -0.05) is 0 Å². The van der Waals surface area contributed by atoms with Crippen molar-refractivity contribution < 1.29 is 19.4 Å². The van der Waals surface area contributed by atoms with Crippen LogP contribution in [0.2, 0.25) is 0 Å². The summed E-state index contributed by atoms with van der Waals surface area (Å²) in [6.07, 6.45) is 0.810. The molecule has 2 heterocycles. The number of nitrogens with one attached hydrogen (secondary N) is 2. The van der Waals surface area contributed by atoms with Gasteiger partial charge in [-0.2, -0.15) is 11.8 Å². The molecule has 3 unspecified atom stereocenters. The minimum Gasteiger partial charge on any atom is -0.479 e. The first-order valence-electron chi connectivity index (χ1n) is 6.61. The largest absolute Gasteiger partial charge is 0.479 e. The van der Waals surface area contributed by atoms with Crippen molar-refractivity contribution in [3.8, 4) is 0 Å². The standard InChI is InChI=1S/C12H20N2O4S/c15-11(5-8-7-19-4-3-13-8)14-6-9-1-2-10(18-9)12(16)17/h8-10,13H,1-7H2,(H,14,15)(H,16,17). The van der Waals surface area contributed by atoms with Gasteiger partial charge in [-0.25, -0.2) is 4.79 Å². The lowest BCUT2D eigenvalue weighted by atomic mass is 10.2. The number of aliphatic carboxylic acids is 1. The quantitative estimate of drug-likeness (QED) is 0.651. The van der Waals surface area contributed by atoms with Crippen molar-refractivity contribution in [2.24, 2.45) is 0 Å². The molecule has 7 heteroatoms. The lowest BCUT2D eigenvalue weighted by Gasteiger charge is -2.22. The van der Waals surface area contributed by atoms with Crippen LogP contribution in [0.15, 0.2) is 0 Å². The van der Waals surface area contributed by atoms with Crippen molar-refractivity contribution in [3.63, 3.8) is 0 Å². The molecule has 0 saturated carbocycles. The highest BCUT2D eigenvalue weighted by atomic mass is 32.2. The highest BCUT2D eigenvalue weighted by molar-refractivity contribution is 7.99. The zero-order valence-corrected chi connectivity index (χ0v) is 11.6. The van der Waals surface area contributed by atoms with E-state index in [1.54, 1.807) is 0 Å². The van der Waals surface area contributed by atoms with Crippen LogP contribution in [0.5, 0.6) is 0 Å². The average molecular weight is 288 g/mol. The average Bonchev–Trinajstić information content (AvgIpc) is 2.86. The molecule has 0 aromatic carbocycles. The molecule has 2 saturated heterocycles. The Morgan fingerprint density at radius 3 is 2.89 bits per heavy atom. The summed E-state index contributed by atoms with van der Waals surface area (Å²) < 4.78 is 5.33. The van der Waals surface area contributed by atoms with E-state index in [1.165, 1.54) is 0 Å². The van der Waals surface area contributed by atoms with Gasteiger partial charge in [-0.3, -0.25) is 4.79 Å². The topological polar surface area (TPSA) is 87.7 Å². The highest BCUT2D eigenvalue weighted by Gasteiger charge is 2.30. The molecule has 2 fully saturated rings. The van der Waals surface area contributed by atoms with Crippen LogP contribution < -0.4 is 10.6 Å². The molecule has 1 amide bonds. The third-order valence-electron chi connectivity index (χ3n) is 3.34. The maximum Gasteiger partial charge on any atom is 0.332 e. The predicted octanol–water partition coefficient (Wildman–Crippen LogP) is -0.170. The van der Waals surface area contributed by atoms with E-state index in [4.69, 9.17) is 9.84 Å². The van der Waals surface area contributed by atoms with E-state index >= 15 is 0 Å². The molecule has 0 aromatic rings. The Kier molecular flexibility index (Phi) is 5.47. The molecule has 0 aliphatic carbocycles. The van der Waals surface area contributed by atoms with Gasteiger partial charge in [0, 0.05) is 37.1 Å². The van der Waals surface area contributed by atoms with Gasteiger partial charge in [0.25, 0.3) is 0 Å². The summed E-state index contributed by atoms with van der Waals surface area (Å²) in [4.78, 5) is 22.5. The molecule has 3 atom stereocenters. The van der Waals surface area contributed by atoms with Crippen LogP contribution in [0, 0.1) is 0 Å². The van der Waals surface area contributed by atoms with E-state index < -0.39 is 12.1 Å². The first kappa shape index (κ1) is 14.6. The van der Waals surface area contributed by atoms with Gasteiger partial charge in [0.15, 0.2) is 6.10 Å². The van der Waals surface area contributed by atoms with Gasteiger partial charge in [0.1, 0.15) is 0 Å². The Hall–Kier alpha value is -0.790. The summed E-state index contributed by atoms with van der Waals surface area (Å²) >= 11 is 1.86.